The maximum Gasteiger partial charge on any atom is 0.183 e. The number of aromatic nitrogens is 1. The third-order valence-electron chi connectivity index (χ3n) is 3.11. The van der Waals surface area contributed by atoms with Crippen LogP contribution in [0.3, 0.4) is 0 Å². The number of nitrogens with zero attached hydrogens (tertiary/aromatic N) is 1. The van der Waals surface area contributed by atoms with Crippen LogP contribution in [0.4, 0.5) is 0 Å². The fraction of sp³-hybridized carbons (Fsp3) is 0.667. The van der Waals surface area contributed by atoms with E-state index < -0.39 is 0 Å². The molecule has 1 saturated carbocycles. The Balaban J connectivity index is 2.21. The summed E-state index contributed by atoms with van der Waals surface area (Å²) in [6, 6.07) is 0. The highest BCUT2D eigenvalue weighted by molar-refractivity contribution is 7.15. The second-order valence-corrected chi connectivity index (χ2v) is 5.80. The van der Waals surface area contributed by atoms with E-state index in [1.807, 2.05) is 6.20 Å². The van der Waals surface area contributed by atoms with Crippen molar-refractivity contribution in [2.24, 2.45) is 17.1 Å². The van der Waals surface area contributed by atoms with Gasteiger partial charge in [-0.2, -0.15) is 0 Å². The Bertz CT molecular complexity index is 321. The van der Waals surface area contributed by atoms with E-state index in [-0.39, 0.29) is 0 Å². The van der Waals surface area contributed by atoms with Crippen LogP contribution in [0.1, 0.15) is 24.6 Å². The van der Waals surface area contributed by atoms with Gasteiger partial charge in [0, 0.05) is 17.0 Å². The molecule has 1 aromatic heterocycles. The Labute approximate surface area is 87.1 Å². The van der Waals surface area contributed by atoms with E-state index in [1.165, 1.54) is 4.88 Å². The van der Waals surface area contributed by atoms with E-state index in [9.17, 15) is 0 Å². The second-order valence-electron chi connectivity index (χ2n) is 4.16. The van der Waals surface area contributed by atoms with Gasteiger partial charge in [0.25, 0.3) is 0 Å². The van der Waals surface area contributed by atoms with Crippen LogP contribution in [-0.2, 0) is 0 Å². The lowest BCUT2D eigenvalue weighted by Gasteiger charge is -1.98. The van der Waals surface area contributed by atoms with E-state index in [1.54, 1.807) is 11.3 Å². The fourth-order valence-corrected chi connectivity index (χ4v) is 3.47. The molecule has 0 aromatic carbocycles. The molecule has 4 heteroatoms. The lowest BCUT2D eigenvalue weighted by molar-refractivity contribution is 0.559. The standard InChI is InChI=1S/C9H13ClN2S/c1-9(2)5(3-11)7(9)6-4-12-8(10)13-6/h4-5,7H,3,11H2,1-2H3. The smallest absolute Gasteiger partial charge is 0.183 e. The normalized spacial score (nSPS) is 30.5. The molecule has 0 radical (unpaired) electrons. The third kappa shape index (κ3) is 1.39. The molecule has 72 valence electrons. The van der Waals surface area contributed by atoms with Gasteiger partial charge in [-0.25, -0.2) is 4.98 Å². The summed E-state index contributed by atoms with van der Waals surface area (Å²) in [6.45, 7) is 5.26. The molecule has 0 amide bonds. The lowest BCUT2D eigenvalue weighted by Crippen LogP contribution is -2.05. The van der Waals surface area contributed by atoms with Gasteiger partial charge in [0.1, 0.15) is 0 Å². The highest BCUT2D eigenvalue weighted by Crippen LogP contribution is 2.64. The summed E-state index contributed by atoms with van der Waals surface area (Å²) in [5, 5.41) is 0. The summed E-state index contributed by atoms with van der Waals surface area (Å²) in [6.07, 6.45) is 1.88. The molecule has 1 fully saturated rings. The third-order valence-corrected chi connectivity index (χ3v) is 4.30. The molecule has 0 aliphatic heterocycles. The van der Waals surface area contributed by atoms with Gasteiger partial charge in [-0.15, -0.1) is 11.3 Å². The minimum atomic E-state index is 0.338. The van der Waals surface area contributed by atoms with Gasteiger partial charge in [-0.05, 0) is 17.9 Å². The molecule has 0 spiro atoms. The Morgan fingerprint density at radius 3 is 2.77 bits per heavy atom. The average molecular weight is 217 g/mol. The van der Waals surface area contributed by atoms with Crippen molar-refractivity contribution >= 4 is 22.9 Å². The molecule has 0 bridgehead atoms. The number of hydrogen-bond acceptors (Lipinski definition) is 3. The Kier molecular flexibility index (Phi) is 2.13. The first kappa shape index (κ1) is 9.44. The zero-order valence-electron chi connectivity index (χ0n) is 7.75. The van der Waals surface area contributed by atoms with Gasteiger partial charge in [-0.1, -0.05) is 25.4 Å². The number of rotatable bonds is 2. The zero-order chi connectivity index (χ0) is 9.64. The monoisotopic (exact) mass is 216 g/mol. The Hall–Kier alpha value is -0.120. The van der Waals surface area contributed by atoms with Crippen LogP contribution in [0.25, 0.3) is 0 Å². The molecule has 13 heavy (non-hydrogen) atoms. The van der Waals surface area contributed by atoms with E-state index in [2.05, 4.69) is 18.8 Å². The molecular formula is C9H13ClN2S. The van der Waals surface area contributed by atoms with E-state index in [0.29, 0.717) is 21.7 Å². The Morgan fingerprint density at radius 1 is 1.69 bits per heavy atom. The molecule has 2 N–H and O–H groups in total. The van der Waals surface area contributed by atoms with Gasteiger partial charge >= 0.3 is 0 Å². The quantitative estimate of drug-likeness (QED) is 0.825. The van der Waals surface area contributed by atoms with Crippen LogP contribution < -0.4 is 5.73 Å². The summed E-state index contributed by atoms with van der Waals surface area (Å²) < 4.78 is 0.633. The van der Waals surface area contributed by atoms with Crippen molar-refractivity contribution in [3.05, 3.63) is 15.5 Å². The minimum Gasteiger partial charge on any atom is -0.330 e. The molecule has 2 nitrogen and oxygen atoms in total. The molecule has 2 unspecified atom stereocenters. The van der Waals surface area contributed by atoms with Crippen LogP contribution >= 0.6 is 22.9 Å². The highest BCUT2D eigenvalue weighted by Gasteiger charge is 2.57. The van der Waals surface area contributed by atoms with Crippen molar-refractivity contribution in [3.8, 4) is 0 Å². The lowest BCUT2D eigenvalue weighted by atomic mass is 10.1. The van der Waals surface area contributed by atoms with Crippen molar-refractivity contribution in [2.45, 2.75) is 19.8 Å². The molecule has 2 atom stereocenters. The first-order valence-corrected chi connectivity index (χ1v) is 5.58. The topological polar surface area (TPSA) is 38.9 Å². The maximum absolute atomic E-state index is 5.79. The molecular weight excluding hydrogens is 204 g/mol. The summed E-state index contributed by atoms with van der Waals surface area (Å²) >= 11 is 7.37. The fourth-order valence-electron chi connectivity index (χ4n) is 2.16. The van der Waals surface area contributed by atoms with E-state index >= 15 is 0 Å². The molecule has 1 aromatic rings. The molecule has 1 aliphatic rings. The van der Waals surface area contributed by atoms with Crippen LogP contribution in [0, 0.1) is 11.3 Å². The van der Waals surface area contributed by atoms with Crippen LogP contribution in [0.2, 0.25) is 4.47 Å². The molecule has 1 aliphatic carbocycles. The summed E-state index contributed by atoms with van der Waals surface area (Å²) in [4.78, 5) is 5.34. The van der Waals surface area contributed by atoms with Crippen LogP contribution in [0.15, 0.2) is 6.20 Å². The number of nitrogens with two attached hydrogens (primary N) is 1. The number of thiazole rings is 1. The number of hydrogen-bond donors (Lipinski definition) is 1. The summed E-state index contributed by atoms with van der Waals surface area (Å²) in [7, 11) is 0. The summed E-state index contributed by atoms with van der Waals surface area (Å²) in [5.74, 6) is 1.17. The first-order chi connectivity index (χ1) is 6.07. The van der Waals surface area contributed by atoms with Gasteiger partial charge in [-0.3, -0.25) is 0 Å². The Morgan fingerprint density at radius 2 is 2.38 bits per heavy atom. The molecule has 2 rings (SSSR count). The minimum absolute atomic E-state index is 0.338. The van der Waals surface area contributed by atoms with Gasteiger partial charge < -0.3 is 5.73 Å². The van der Waals surface area contributed by atoms with E-state index in [0.717, 1.165) is 6.54 Å². The number of halogens is 1. The highest BCUT2D eigenvalue weighted by atomic mass is 35.5. The summed E-state index contributed by atoms with van der Waals surface area (Å²) in [5.41, 5.74) is 6.03. The maximum atomic E-state index is 5.79. The van der Waals surface area contributed by atoms with Crippen molar-refractivity contribution in [3.63, 3.8) is 0 Å². The van der Waals surface area contributed by atoms with Crippen molar-refractivity contribution in [2.75, 3.05) is 6.54 Å². The predicted molar refractivity (Wildman–Crippen MR) is 56.2 cm³/mol. The zero-order valence-corrected chi connectivity index (χ0v) is 9.32. The van der Waals surface area contributed by atoms with Crippen molar-refractivity contribution in [1.29, 1.82) is 0 Å². The van der Waals surface area contributed by atoms with Gasteiger partial charge in [0.05, 0.1) is 0 Å². The SMILES string of the molecule is CC1(C)C(CN)C1c1cnc(Cl)s1. The van der Waals surface area contributed by atoms with Crippen molar-refractivity contribution in [1.82, 2.24) is 4.98 Å². The molecule has 0 saturated heterocycles. The van der Waals surface area contributed by atoms with Gasteiger partial charge in [0.15, 0.2) is 4.47 Å². The van der Waals surface area contributed by atoms with Gasteiger partial charge in [0.2, 0.25) is 0 Å². The van der Waals surface area contributed by atoms with Crippen molar-refractivity contribution < 1.29 is 0 Å². The molecule has 1 heterocycles. The average Bonchev–Trinajstić information content (AvgIpc) is 2.41. The largest absolute Gasteiger partial charge is 0.330 e. The second kappa shape index (κ2) is 2.94. The predicted octanol–water partition coefficient (Wildman–Crippen LogP) is 2.49. The van der Waals surface area contributed by atoms with E-state index in [4.69, 9.17) is 17.3 Å². The first-order valence-electron chi connectivity index (χ1n) is 4.38. The van der Waals surface area contributed by atoms with Crippen LogP contribution in [0.5, 0.6) is 0 Å². The van der Waals surface area contributed by atoms with Crippen LogP contribution in [-0.4, -0.2) is 11.5 Å².